The summed E-state index contributed by atoms with van der Waals surface area (Å²) in [6, 6.07) is 8.47. The topological polar surface area (TPSA) is 97.1 Å². The summed E-state index contributed by atoms with van der Waals surface area (Å²) in [6.45, 7) is 1.67. The van der Waals surface area contributed by atoms with E-state index in [1.807, 2.05) is 30.3 Å². The Balaban J connectivity index is 2.02. The number of nitrogens with zero attached hydrogens (tertiary/aromatic N) is 2. The first kappa shape index (κ1) is 13.7. The van der Waals surface area contributed by atoms with Gasteiger partial charge in [-0.2, -0.15) is 4.98 Å². The molecule has 0 radical (unpaired) electrons. The van der Waals surface area contributed by atoms with Crippen LogP contribution in [0.25, 0.3) is 0 Å². The van der Waals surface area contributed by atoms with Gasteiger partial charge in [-0.25, -0.2) is 0 Å². The third-order valence-corrected chi connectivity index (χ3v) is 2.56. The van der Waals surface area contributed by atoms with Crippen molar-refractivity contribution in [3.63, 3.8) is 0 Å². The average molecular weight is 274 g/mol. The monoisotopic (exact) mass is 274 g/mol. The second kappa shape index (κ2) is 6.46. The first-order valence-corrected chi connectivity index (χ1v) is 6.02. The number of amides is 2. The predicted molar refractivity (Wildman–Crippen MR) is 69.1 cm³/mol. The van der Waals surface area contributed by atoms with Crippen LogP contribution in [0.4, 0.5) is 0 Å². The Morgan fingerprint density at radius 1 is 1.30 bits per heavy atom. The molecule has 0 aliphatic rings. The van der Waals surface area contributed by atoms with Crippen LogP contribution < -0.4 is 10.6 Å². The van der Waals surface area contributed by atoms with Crippen LogP contribution in [0.15, 0.2) is 41.2 Å². The van der Waals surface area contributed by atoms with Crippen molar-refractivity contribution < 1.29 is 14.1 Å². The Kier molecular flexibility index (Phi) is 4.43. The zero-order valence-electron chi connectivity index (χ0n) is 10.9. The summed E-state index contributed by atoms with van der Waals surface area (Å²) in [7, 11) is 0. The van der Waals surface area contributed by atoms with E-state index in [2.05, 4.69) is 25.3 Å². The summed E-state index contributed by atoms with van der Waals surface area (Å²) in [5, 5.41) is 8.78. The standard InChI is InChI=1S/C13H14N4O3/c1-9(18)16-11(12-15-8-20-17-12)13(19)14-7-10-5-3-2-4-6-10/h2-6,8,11H,7H2,1H3,(H,14,19)(H,16,18). The summed E-state index contributed by atoms with van der Waals surface area (Å²) >= 11 is 0. The molecular formula is C13H14N4O3. The number of benzene rings is 1. The number of hydrogen-bond acceptors (Lipinski definition) is 5. The third kappa shape index (κ3) is 3.64. The van der Waals surface area contributed by atoms with Crippen molar-refractivity contribution in [2.75, 3.05) is 0 Å². The summed E-state index contributed by atoms with van der Waals surface area (Å²) in [5.74, 6) is -0.633. The fraction of sp³-hybridized carbons (Fsp3) is 0.231. The SMILES string of the molecule is CC(=O)NC(C(=O)NCc1ccccc1)c1ncon1. The van der Waals surface area contributed by atoms with Crippen LogP contribution in [-0.2, 0) is 16.1 Å². The van der Waals surface area contributed by atoms with Gasteiger partial charge >= 0.3 is 0 Å². The molecule has 1 heterocycles. The molecule has 1 aromatic heterocycles. The number of hydrogen-bond donors (Lipinski definition) is 2. The van der Waals surface area contributed by atoms with Crippen molar-refractivity contribution in [2.45, 2.75) is 19.5 Å². The van der Waals surface area contributed by atoms with Gasteiger partial charge in [0.05, 0.1) is 0 Å². The Hall–Kier alpha value is -2.70. The molecule has 7 nitrogen and oxygen atoms in total. The van der Waals surface area contributed by atoms with Gasteiger partial charge in [-0.1, -0.05) is 35.5 Å². The molecule has 0 saturated carbocycles. The van der Waals surface area contributed by atoms with Crippen LogP contribution in [0.2, 0.25) is 0 Å². The summed E-state index contributed by atoms with van der Waals surface area (Å²) in [5.41, 5.74) is 0.954. The fourth-order valence-corrected chi connectivity index (χ4v) is 1.64. The van der Waals surface area contributed by atoms with Crippen molar-refractivity contribution in [1.29, 1.82) is 0 Å². The van der Waals surface area contributed by atoms with Crippen molar-refractivity contribution in [2.24, 2.45) is 0 Å². The summed E-state index contributed by atoms with van der Waals surface area (Å²) in [6.07, 6.45) is 1.11. The lowest BCUT2D eigenvalue weighted by Crippen LogP contribution is -2.39. The summed E-state index contributed by atoms with van der Waals surface area (Å²) < 4.78 is 4.60. The zero-order chi connectivity index (χ0) is 14.4. The molecular weight excluding hydrogens is 260 g/mol. The molecule has 2 rings (SSSR count). The lowest BCUT2D eigenvalue weighted by molar-refractivity contribution is -0.128. The van der Waals surface area contributed by atoms with Crippen LogP contribution in [0.1, 0.15) is 24.4 Å². The molecule has 1 unspecified atom stereocenters. The van der Waals surface area contributed by atoms with Crippen LogP contribution in [0.5, 0.6) is 0 Å². The molecule has 0 aliphatic heterocycles. The van der Waals surface area contributed by atoms with Gasteiger partial charge in [-0.05, 0) is 5.56 Å². The van der Waals surface area contributed by atoms with E-state index in [0.717, 1.165) is 12.0 Å². The maximum Gasteiger partial charge on any atom is 0.250 e. The Bertz CT molecular complexity index is 569. The first-order valence-electron chi connectivity index (χ1n) is 6.02. The van der Waals surface area contributed by atoms with Gasteiger partial charge in [0.2, 0.25) is 18.1 Å². The van der Waals surface area contributed by atoms with Crippen LogP contribution >= 0.6 is 0 Å². The lowest BCUT2D eigenvalue weighted by Gasteiger charge is -2.14. The normalized spacial score (nSPS) is 11.7. The highest BCUT2D eigenvalue weighted by Gasteiger charge is 2.25. The minimum Gasteiger partial charge on any atom is -0.350 e. The Morgan fingerprint density at radius 3 is 2.65 bits per heavy atom. The molecule has 20 heavy (non-hydrogen) atoms. The van der Waals surface area contributed by atoms with E-state index in [9.17, 15) is 9.59 Å². The molecule has 1 aromatic carbocycles. The molecule has 0 spiro atoms. The highest BCUT2D eigenvalue weighted by Crippen LogP contribution is 2.08. The van der Waals surface area contributed by atoms with Crippen LogP contribution in [-0.4, -0.2) is 22.0 Å². The quantitative estimate of drug-likeness (QED) is 0.830. The minimum atomic E-state index is -0.963. The number of carbonyl (C=O) groups is 2. The molecule has 104 valence electrons. The van der Waals surface area contributed by atoms with E-state index in [4.69, 9.17) is 0 Å². The van der Waals surface area contributed by atoms with Crippen LogP contribution in [0.3, 0.4) is 0 Å². The second-order valence-corrected chi connectivity index (χ2v) is 4.13. The Labute approximate surface area is 115 Å². The molecule has 1 atom stereocenters. The van der Waals surface area contributed by atoms with Gasteiger partial charge in [0, 0.05) is 13.5 Å². The van der Waals surface area contributed by atoms with Gasteiger partial charge in [0.15, 0.2) is 6.04 Å². The van der Waals surface area contributed by atoms with Gasteiger partial charge in [-0.15, -0.1) is 0 Å². The van der Waals surface area contributed by atoms with E-state index in [-0.39, 0.29) is 11.7 Å². The molecule has 0 saturated heterocycles. The van der Waals surface area contributed by atoms with Crippen LogP contribution in [0, 0.1) is 0 Å². The van der Waals surface area contributed by atoms with Crippen molar-refractivity contribution >= 4 is 11.8 Å². The number of nitrogens with one attached hydrogen (secondary N) is 2. The predicted octanol–water partition coefficient (Wildman–Crippen LogP) is 0.563. The molecule has 2 amide bonds. The number of aromatic nitrogens is 2. The van der Waals surface area contributed by atoms with E-state index in [1.165, 1.54) is 6.92 Å². The third-order valence-electron chi connectivity index (χ3n) is 2.56. The van der Waals surface area contributed by atoms with Crippen molar-refractivity contribution in [3.05, 3.63) is 48.1 Å². The largest absolute Gasteiger partial charge is 0.350 e. The molecule has 2 aromatic rings. The fourth-order valence-electron chi connectivity index (χ4n) is 1.64. The highest BCUT2D eigenvalue weighted by molar-refractivity contribution is 5.87. The van der Waals surface area contributed by atoms with E-state index >= 15 is 0 Å². The zero-order valence-corrected chi connectivity index (χ0v) is 10.9. The average Bonchev–Trinajstić information content (AvgIpc) is 2.97. The smallest absolute Gasteiger partial charge is 0.250 e. The van der Waals surface area contributed by atoms with E-state index < -0.39 is 11.9 Å². The minimum absolute atomic E-state index is 0.116. The molecule has 7 heteroatoms. The van der Waals surface area contributed by atoms with Crippen molar-refractivity contribution in [1.82, 2.24) is 20.8 Å². The second-order valence-electron chi connectivity index (χ2n) is 4.13. The van der Waals surface area contributed by atoms with Gasteiger partial charge < -0.3 is 15.2 Å². The highest BCUT2D eigenvalue weighted by atomic mass is 16.5. The lowest BCUT2D eigenvalue weighted by atomic mass is 10.2. The Morgan fingerprint density at radius 2 is 2.05 bits per heavy atom. The molecule has 0 bridgehead atoms. The van der Waals surface area contributed by atoms with Gasteiger partial charge in [0.1, 0.15) is 0 Å². The molecule has 0 fully saturated rings. The number of carbonyl (C=O) groups excluding carboxylic acids is 2. The first-order chi connectivity index (χ1) is 9.66. The molecule has 2 N–H and O–H groups in total. The van der Waals surface area contributed by atoms with Gasteiger partial charge in [0.25, 0.3) is 5.91 Å². The maximum atomic E-state index is 12.1. The van der Waals surface area contributed by atoms with Crippen molar-refractivity contribution in [3.8, 4) is 0 Å². The number of rotatable bonds is 5. The maximum absolute atomic E-state index is 12.1. The molecule has 0 aliphatic carbocycles. The van der Waals surface area contributed by atoms with E-state index in [0.29, 0.717) is 6.54 Å². The van der Waals surface area contributed by atoms with Gasteiger partial charge in [-0.3, -0.25) is 9.59 Å². The van der Waals surface area contributed by atoms with E-state index in [1.54, 1.807) is 0 Å². The summed E-state index contributed by atoms with van der Waals surface area (Å²) in [4.78, 5) is 27.0.